The SMILES string of the molecule is c1ccc(-c2csc(NC3CCCN(c4cc(N5CCOCC5)ncn4)C3)n2)cc1. The molecule has 0 saturated carbocycles. The summed E-state index contributed by atoms with van der Waals surface area (Å²) in [6, 6.07) is 12.8. The summed E-state index contributed by atoms with van der Waals surface area (Å²) in [6.07, 6.45) is 3.95. The van der Waals surface area contributed by atoms with Gasteiger partial charge in [0.15, 0.2) is 5.13 Å². The molecular formula is C22H26N6OS. The van der Waals surface area contributed by atoms with Crippen LogP contribution in [0.15, 0.2) is 48.1 Å². The number of benzene rings is 1. The second-order valence-corrected chi connectivity index (χ2v) is 8.53. The number of hydrogen-bond donors (Lipinski definition) is 1. The number of nitrogens with zero attached hydrogens (tertiary/aromatic N) is 5. The Morgan fingerprint density at radius 2 is 1.80 bits per heavy atom. The van der Waals surface area contributed by atoms with Crippen molar-refractivity contribution in [3.05, 3.63) is 48.1 Å². The monoisotopic (exact) mass is 422 g/mol. The molecule has 1 atom stereocenters. The number of rotatable bonds is 5. The van der Waals surface area contributed by atoms with Gasteiger partial charge >= 0.3 is 0 Å². The molecule has 0 amide bonds. The first-order valence-corrected chi connectivity index (χ1v) is 11.4. The van der Waals surface area contributed by atoms with Gasteiger partial charge < -0.3 is 19.9 Å². The molecule has 5 rings (SSSR count). The number of aromatic nitrogens is 3. The highest BCUT2D eigenvalue weighted by Gasteiger charge is 2.23. The number of piperidine rings is 1. The molecule has 1 N–H and O–H groups in total. The number of morpholine rings is 1. The van der Waals surface area contributed by atoms with Crippen LogP contribution in [-0.4, -0.2) is 60.4 Å². The van der Waals surface area contributed by atoms with Crippen LogP contribution in [-0.2, 0) is 4.74 Å². The van der Waals surface area contributed by atoms with Crippen molar-refractivity contribution < 1.29 is 4.74 Å². The lowest BCUT2D eigenvalue weighted by atomic mass is 10.1. The van der Waals surface area contributed by atoms with E-state index in [0.717, 1.165) is 80.3 Å². The molecule has 2 aromatic heterocycles. The van der Waals surface area contributed by atoms with E-state index >= 15 is 0 Å². The van der Waals surface area contributed by atoms with Crippen molar-refractivity contribution in [2.75, 3.05) is 54.5 Å². The molecule has 156 valence electrons. The number of hydrogen-bond acceptors (Lipinski definition) is 8. The summed E-state index contributed by atoms with van der Waals surface area (Å²) < 4.78 is 5.46. The molecule has 1 aromatic carbocycles. The fourth-order valence-electron chi connectivity index (χ4n) is 4.03. The number of nitrogens with one attached hydrogen (secondary N) is 1. The first kappa shape index (κ1) is 19.3. The highest BCUT2D eigenvalue weighted by atomic mass is 32.1. The van der Waals surface area contributed by atoms with E-state index in [4.69, 9.17) is 9.72 Å². The van der Waals surface area contributed by atoms with Crippen LogP contribution in [0.3, 0.4) is 0 Å². The summed E-state index contributed by atoms with van der Waals surface area (Å²) in [7, 11) is 0. The standard InChI is InChI=1S/C22H26N6OS/c1-2-5-17(6-3-1)19-15-30-22(26-19)25-18-7-4-8-28(14-18)21-13-20(23-16-24-21)27-9-11-29-12-10-27/h1-3,5-6,13,15-16,18H,4,7-12,14H2,(H,25,26). The maximum absolute atomic E-state index is 5.46. The molecule has 0 radical (unpaired) electrons. The van der Waals surface area contributed by atoms with Crippen molar-refractivity contribution in [2.45, 2.75) is 18.9 Å². The van der Waals surface area contributed by atoms with Gasteiger partial charge in [-0.2, -0.15) is 0 Å². The maximum atomic E-state index is 5.46. The van der Waals surface area contributed by atoms with Gasteiger partial charge in [-0.1, -0.05) is 30.3 Å². The summed E-state index contributed by atoms with van der Waals surface area (Å²) in [5.74, 6) is 1.99. The lowest BCUT2D eigenvalue weighted by Crippen LogP contribution is -2.42. The third-order valence-electron chi connectivity index (χ3n) is 5.62. The van der Waals surface area contributed by atoms with E-state index in [9.17, 15) is 0 Å². The van der Waals surface area contributed by atoms with Crippen LogP contribution < -0.4 is 15.1 Å². The van der Waals surface area contributed by atoms with Gasteiger partial charge in [-0.15, -0.1) is 11.3 Å². The van der Waals surface area contributed by atoms with Crippen LogP contribution in [0.5, 0.6) is 0 Å². The highest BCUT2D eigenvalue weighted by Crippen LogP contribution is 2.27. The van der Waals surface area contributed by atoms with Crippen molar-refractivity contribution in [3.8, 4) is 11.3 Å². The second-order valence-electron chi connectivity index (χ2n) is 7.67. The lowest BCUT2D eigenvalue weighted by molar-refractivity contribution is 0.122. The smallest absolute Gasteiger partial charge is 0.183 e. The van der Waals surface area contributed by atoms with Crippen molar-refractivity contribution in [3.63, 3.8) is 0 Å². The zero-order valence-corrected chi connectivity index (χ0v) is 17.7. The maximum Gasteiger partial charge on any atom is 0.183 e. The van der Waals surface area contributed by atoms with Crippen LogP contribution >= 0.6 is 11.3 Å². The molecule has 2 aliphatic heterocycles. The van der Waals surface area contributed by atoms with Crippen molar-refractivity contribution in [1.29, 1.82) is 0 Å². The van der Waals surface area contributed by atoms with Crippen molar-refractivity contribution in [2.24, 2.45) is 0 Å². The minimum atomic E-state index is 0.357. The molecule has 3 aromatic rings. The number of anilines is 3. The van der Waals surface area contributed by atoms with Gasteiger partial charge in [0.05, 0.1) is 18.9 Å². The Bertz CT molecular complexity index is 959. The molecule has 0 aliphatic carbocycles. The summed E-state index contributed by atoms with van der Waals surface area (Å²) >= 11 is 1.67. The van der Waals surface area contributed by atoms with Crippen LogP contribution in [0.25, 0.3) is 11.3 Å². The Balaban J connectivity index is 1.25. The van der Waals surface area contributed by atoms with E-state index in [1.807, 2.05) is 18.2 Å². The average Bonchev–Trinajstić information content (AvgIpc) is 3.29. The average molecular weight is 423 g/mol. The molecule has 2 fully saturated rings. The number of thiazole rings is 1. The Hall–Kier alpha value is -2.71. The normalized spacial score (nSPS) is 19.7. The second kappa shape index (κ2) is 8.97. The van der Waals surface area contributed by atoms with Gasteiger partial charge in [0, 0.05) is 49.2 Å². The molecule has 4 heterocycles. The zero-order valence-electron chi connectivity index (χ0n) is 16.9. The third kappa shape index (κ3) is 4.39. The predicted molar refractivity (Wildman–Crippen MR) is 121 cm³/mol. The van der Waals surface area contributed by atoms with Gasteiger partial charge in [-0.3, -0.25) is 0 Å². The van der Waals surface area contributed by atoms with Gasteiger partial charge in [0.1, 0.15) is 18.0 Å². The molecular weight excluding hydrogens is 396 g/mol. The zero-order chi connectivity index (χ0) is 20.2. The van der Waals surface area contributed by atoms with Crippen LogP contribution in [0.4, 0.5) is 16.8 Å². The van der Waals surface area contributed by atoms with E-state index in [-0.39, 0.29) is 0 Å². The minimum absolute atomic E-state index is 0.357. The van der Waals surface area contributed by atoms with E-state index in [2.05, 4.69) is 48.7 Å². The van der Waals surface area contributed by atoms with Crippen LogP contribution in [0.1, 0.15) is 12.8 Å². The van der Waals surface area contributed by atoms with E-state index < -0.39 is 0 Å². The Morgan fingerprint density at radius 3 is 2.63 bits per heavy atom. The summed E-state index contributed by atoms with van der Waals surface area (Å²) in [4.78, 5) is 18.5. The first-order chi connectivity index (χ1) is 14.8. The first-order valence-electron chi connectivity index (χ1n) is 10.5. The van der Waals surface area contributed by atoms with Crippen LogP contribution in [0.2, 0.25) is 0 Å². The molecule has 30 heavy (non-hydrogen) atoms. The minimum Gasteiger partial charge on any atom is -0.378 e. The number of ether oxygens (including phenoxy) is 1. The molecule has 0 spiro atoms. The molecule has 8 heteroatoms. The summed E-state index contributed by atoms with van der Waals surface area (Å²) in [5, 5.41) is 6.75. The molecule has 2 aliphatic rings. The van der Waals surface area contributed by atoms with E-state index in [1.165, 1.54) is 0 Å². The quantitative estimate of drug-likeness (QED) is 0.675. The summed E-state index contributed by atoms with van der Waals surface area (Å²) in [5.41, 5.74) is 2.19. The molecule has 0 bridgehead atoms. The van der Waals surface area contributed by atoms with E-state index in [0.29, 0.717) is 6.04 Å². The van der Waals surface area contributed by atoms with Gasteiger partial charge in [0.2, 0.25) is 0 Å². The van der Waals surface area contributed by atoms with Crippen molar-refractivity contribution in [1.82, 2.24) is 15.0 Å². The van der Waals surface area contributed by atoms with Gasteiger partial charge in [-0.25, -0.2) is 15.0 Å². The Labute approximate surface area is 180 Å². The van der Waals surface area contributed by atoms with Crippen molar-refractivity contribution >= 4 is 28.1 Å². The fourth-order valence-corrected chi connectivity index (χ4v) is 4.83. The largest absolute Gasteiger partial charge is 0.378 e. The molecule has 7 nitrogen and oxygen atoms in total. The molecule has 1 unspecified atom stereocenters. The van der Waals surface area contributed by atoms with Gasteiger partial charge in [0.25, 0.3) is 0 Å². The topological polar surface area (TPSA) is 66.4 Å². The Morgan fingerprint density at radius 1 is 1.00 bits per heavy atom. The summed E-state index contributed by atoms with van der Waals surface area (Å²) in [6.45, 7) is 5.22. The Kier molecular flexibility index (Phi) is 5.76. The third-order valence-corrected chi connectivity index (χ3v) is 6.39. The van der Waals surface area contributed by atoms with E-state index in [1.54, 1.807) is 17.7 Å². The lowest BCUT2D eigenvalue weighted by Gasteiger charge is -2.34. The predicted octanol–water partition coefficient (Wildman–Crippen LogP) is 3.52. The molecule has 2 saturated heterocycles. The van der Waals surface area contributed by atoms with Crippen LogP contribution in [0, 0.1) is 0 Å². The highest BCUT2D eigenvalue weighted by molar-refractivity contribution is 7.14. The fraction of sp³-hybridized carbons (Fsp3) is 0.409. The van der Waals surface area contributed by atoms with Gasteiger partial charge in [-0.05, 0) is 12.8 Å².